The van der Waals surface area contributed by atoms with Crippen LogP contribution in [0.3, 0.4) is 0 Å². The lowest BCUT2D eigenvalue weighted by molar-refractivity contribution is 1.14. The topological polar surface area (TPSA) is 38.7 Å². The maximum atomic E-state index is 4.29. The van der Waals surface area contributed by atoms with Gasteiger partial charge in [0.1, 0.15) is 10.9 Å². The molecule has 3 rings (SSSR count). The predicted molar refractivity (Wildman–Crippen MR) is 70.5 cm³/mol. The Labute approximate surface area is 107 Å². The van der Waals surface area contributed by atoms with E-state index in [4.69, 9.17) is 0 Å². The minimum atomic E-state index is 0.786. The van der Waals surface area contributed by atoms with Crippen LogP contribution < -0.4 is 0 Å². The molecule has 3 aromatic rings. The van der Waals surface area contributed by atoms with Crippen molar-refractivity contribution in [2.75, 3.05) is 0 Å². The van der Waals surface area contributed by atoms with Crippen LogP contribution in [0.1, 0.15) is 0 Å². The zero-order valence-corrected chi connectivity index (χ0v) is 10.4. The Hall–Kier alpha value is -1.81. The summed E-state index contributed by atoms with van der Waals surface area (Å²) >= 11 is 3.35. The van der Waals surface area contributed by atoms with Crippen LogP contribution in [0.5, 0.6) is 0 Å². The van der Waals surface area contributed by atoms with Crippen LogP contribution >= 0.6 is 15.9 Å². The quantitative estimate of drug-likeness (QED) is 0.643. The van der Waals surface area contributed by atoms with Gasteiger partial charge >= 0.3 is 0 Å². The first-order valence-electron chi connectivity index (χ1n) is 5.16. The summed E-state index contributed by atoms with van der Waals surface area (Å²) in [6, 6.07) is 12.0. The summed E-state index contributed by atoms with van der Waals surface area (Å²) in [5.41, 5.74) is 2.95. The third-order valence-corrected chi connectivity index (χ3v) is 2.97. The summed E-state index contributed by atoms with van der Waals surface area (Å²) < 4.78 is 0.786. The fourth-order valence-electron chi connectivity index (χ4n) is 1.73. The number of aromatic nitrogens is 3. The van der Waals surface area contributed by atoms with E-state index >= 15 is 0 Å². The van der Waals surface area contributed by atoms with Crippen molar-refractivity contribution in [1.29, 1.82) is 0 Å². The van der Waals surface area contributed by atoms with E-state index in [0.29, 0.717) is 0 Å². The molecule has 0 spiro atoms. The molecule has 4 heteroatoms. The van der Waals surface area contributed by atoms with E-state index in [1.807, 2.05) is 30.3 Å². The summed E-state index contributed by atoms with van der Waals surface area (Å²) in [6.07, 6.45) is 3.34. The molecular formula is C13H8BrN3. The van der Waals surface area contributed by atoms with E-state index in [0.717, 1.165) is 26.8 Å². The van der Waals surface area contributed by atoms with Crippen molar-refractivity contribution in [2.24, 2.45) is 0 Å². The number of benzene rings is 1. The van der Waals surface area contributed by atoms with Gasteiger partial charge in [0.05, 0.1) is 11.2 Å². The highest BCUT2D eigenvalue weighted by Gasteiger charge is 2.02. The molecule has 0 saturated heterocycles. The van der Waals surface area contributed by atoms with Gasteiger partial charge in [0.25, 0.3) is 0 Å². The first-order valence-corrected chi connectivity index (χ1v) is 5.95. The van der Waals surface area contributed by atoms with Gasteiger partial charge < -0.3 is 0 Å². The Morgan fingerprint density at radius 3 is 2.76 bits per heavy atom. The van der Waals surface area contributed by atoms with Crippen molar-refractivity contribution in [3.05, 3.63) is 53.5 Å². The standard InChI is InChI=1S/C13H8BrN3/c14-13-7-12(16-8-17-13)10-3-4-11-9(6-10)2-1-5-15-11/h1-8H. The first-order chi connectivity index (χ1) is 8.33. The number of rotatable bonds is 1. The predicted octanol–water partition coefficient (Wildman–Crippen LogP) is 3.45. The van der Waals surface area contributed by atoms with Crippen LogP contribution in [0.25, 0.3) is 22.2 Å². The largest absolute Gasteiger partial charge is 0.256 e. The van der Waals surface area contributed by atoms with Gasteiger partial charge in [-0.05, 0) is 40.2 Å². The Morgan fingerprint density at radius 2 is 1.88 bits per heavy atom. The number of hydrogen-bond donors (Lipinski definition) is 0. The van der Waals surface area contributed by atoms with Gasteiger partial charge in [0.15, 0.2) is 0 Å². The van der Waals surface area contributed by atoms with E-state index in [2.05, 4.69) is 36.9 Å². The lowest BCUT2D eigenvalue weighted by atomic mass is 10.1. The molecule has 0 N–H and O–H groups in total. The molecule has 0 amide bonds. The molecule has 0 aliphatic carbocycles. The van der Waals surface area contributed by atoms with E-state index in [1.165, 1.54) is 0 Å². The second-order valence-electron chi connectivity index (χ2n) is 3.64. The minimum absolute atomic E-state index is 0.786. The van der Waals surface area contributed by atoms with Crippen LogP contribution in [0.15, 0.2) is 53.5 Å². The molecule has 0 radical (unpaired) electrons. The average Bonchev–Trinajstić information content (AvgIpc) is 2.38. The average molecular weight is 286 g/mol. The Bertz CT molecular complexity index is 682. The zero-order chi connectivity index (χ0) is 11.7. The van der Waals surface area contributed by atoms with E-state index in [9.17, 15) is 0 Å². The van der Waals surface area contributed by atoms with Gasteiger partial charge in [-0.25, -0.2) is 9.97 Å². The van der Waals surface area contributed by atoms with Gasteiger partial charge in [-0.15, -0.1) is 0 Å². The normalized spacial score (nSPS) is 10.6. The third kappa shape index (κ3) is 2.03. The van der Waals surface area contributed by atoms with Crippen LogP contribution in [-0.2, 0) is 0 Å². The highest BCUT2D eigenvalue weighted by Crippen LogP contribution is 2.22. The highest BCUT2D eigenvalue weighted by atomic mass is 79.9. The summed E-state index contributed by atoms with van der Waals surface area (Å²) in [6.45, 7) is 0. The number of pyridine rings is 1. The maximum Gasteiger partial charge on any atom is 0.117 e. The van der Waals surface area contributed by atoms with E-state index in [-0.39, 0.29) is 0 Å². The minimum Gasteiger partial charge on any atom is -0.256 e. The first kappa shape index (κ1) is 10.4. The third-order valence-electron chi connectivity index (χ3n) is 2.53. The van der Waals surface area contributed by atoms with E-state index in [1.54, 1.807) is 12.5 Å². The molecule has 0 unspecified atom stereocenters. The fourth-order valence-corrected chi connectivity index (χ4v) is 2.03. The van der Waals surface area contributed by atoms with Crippen molar-refractivity contribution in [1.82, 2.24) is 15.0 Å². The molecule has 2 heterocycles. The molecule has 82 valence electrons. The zero-order valence-electron chi connectivity index (χ0n) is 8.84. The molecule has 0 saturated carbocycles. The SMILES string of the molecule is Brc1cc(-c2ccc3ncccc3c2)ncn1. The van der Waals surface area contributed by atoms with Gasteiger partial charge in [0, 0.05) is 17.1 Å². The second kappa shape index (κ2) is 4.22. The van der Waals surface area contributed by atoms with Gasteiger partial charge in [-0.2, -0.15) is 0 Å². The molecule has 0 fully saturated rings. The van der Waals surface area contributed by atoms with Crippen LogP contribution in [0.4, 0.5) is 0 Å². The van der Waals surface area contributed by atoms with Gasteiger partial charge in [0.2, 0.25) is 0 Å². The number of halogens is 1. The lowest BCUT2D eigenvalue weighted by Crippen LogP contribution is -1.86. The summed E-state index contributed by atoms with van der Waals surface area (Å²) in [5, 5.41) is 1.11. The molecule has 0 atom stereocenters. The van der Waals surface area contributed by atoms with Gasteiger partial charge in [-0.1, -0.05) is 12.1 Å². The summed E-state index contributed by atoms with van der Waals surface area (Å²) in [5.74, 6) is 0. The van der Waals surface area contributed by atoms with E-state index < -0.39 is 0 Å². The number of nitrogens with zero attached hydrogens (tertiary/aromatic N) is 3. The second-order valence-corrected chi connectivity index (χ2v) is 4.45. The van der Waals surface area contributed by atoms with Crippen LogP contribution in [0.2, 0.25) is 0 Å². The smallest absolute Gasteiger partial charge is 0.117 e. The molecule has 3 nitrogen and oxygen atoms in total. The Balaban J connectivity index is 2.18. The van der Waals surface area contributed by atoms with Crippen molar-refractivity contribution >= 4 is 26.8 Å². The van der Waals surface area contributed by atoms with Gasteiger partial charge in [-0.3, -0.25) is 4.98 Å². The maximum absolute atomic E-state index is 4.29. The highest BCUT2D eigenvalue weighted by molar-refractivity contribution is 9.10. The number of hydrogen-bond acceptors (Lipinski definition) is 3. The van der Waals surface area contributed by atoms with Crippen molar-refractivity contribution in [3.8, 4) is 11.3 Å². The summed E-state index contributed by atoms with van der Waals surface area (Å²) in [4.78, 5) is 12.6. The van der Waals surface area contributed by atoms with Crippen molar-refractivity contribution in [3.63, 3.8) is 0 Å². The molecule has 17 heavy (non-hydrogen) atoms. The fraction of sp³-hybridized carbons (Fsp3) is 0. The molecule has 1 aromatic carbocycles. The van der Waals surface area contributed by atoms with Crippen molar-refractivity contribution in [2.45, 2.75) is 0 Å². The van der Waals surface area contributed by atoms with Crippen LogP contribution in [0, 0.1) is 0 Å². The summed E-state index contributed by atoms with van der Waals surface area (Å²) in [7, 11) is 0. The molecule has 2 aromatic heterocycles. The molecule has 0 aliphatic rings. The van der Waals surface area contributed by atoms with Crippen molar-refractivity contribution < 1.29 is 0 Å². The lowest BCUT2D eigenvalue weighted by Gasteiger charge is -2.02. The molecular weight excluding hydrogens is 278 g/mol. The monoisotopic (exact) mass is 285 g/mol. The Kier molecular flexibility index (Phi) is 2.57. The Morgan fingerprint density at radius 1 is 0.941 bits per heavy atom. The molecule has 0 aliphatic heterocycles. The molecule has 0 bridgehead atoms. The van der Waals surface area contributed by atoms with Crippen LogP contribution in [-0.4, -0.2) is 15.0 Å². The number of fused-ring (bicyclic) bond motifs is 1.